The number of carbonyl (C=O) groups excluding carboxylic acids is 1. The lowest BCUT2D eigenvalue weighted by Gasteiger charge is -2.15. The standard InChI is InChI=1S/C14H20BrNO/c1-10(2)4-5-11(3)16-14(17)12-6-8-13(15)9-7-12/h6-11H,4-5H2,1-3H3,(H,16,17). The number of carbonyl (C=O) groups is 1. The van der Waals surface area contributed by atoms with Crippen LogP contribution >= 0.6 is 15.9 Å². The highest BCUT2D eigenvalue weighted by atomic mass is 79.9. The quantitative estimate of drug-likeness (QED) is 0.874. The van der Waals surface area contributed by atoms with Crippen LogP contribution in [0.15, 0.2) is 28.7 Å². The van der Waals surface area contributed by atoms with Crippen molar-refractivity contribution < 1.29 is 4.79 Å². The predicted octanol–water partition coefficient (Wildman–Crippen LogP) is 4.00. The van der Waals surface area contributed by atoms with Crippen LogP contribution in [0.1, 0.15) is 44.0 Å². The largest absolute Gasteiger partial charge is 0.350 e. The molecule has 0 aliphatic heterocycles. The first-order valence-corrected chi connectivity index (χ1v) is 6.84. The summed E-state index contributed by atoms with van der Waals surface area (Å²) < 4.78 is 0.988. The lowest BCUT2D eigenvalue weighted by Crippen LogP contribution is -2.32. The Morgan fingerprint density at radius 2 is 1.76 bits per heavy atom. The molecular formula is C14H20BrNO. The molecule has 0 saturated carbocycles. The van der Waals surface area contributed by atoms with E-state index in [1.165, 1.54) is 0 Å². The van der Waals surface area contributed by atoms with Crippen molar-refractivity contribution in [3.63, 3.8) is 0 Å². The molecule has 0 aliphatic rings. The third-order valence-corrected chi connectivity index (χ3v) is 3.19. The monoisotopic (exact) mass is 297 g/mol. The summed E-state index contributed by atoms with van der Waals surface area (Å²) >= 11 is 3.35. The molecule has 1 atom stereocenters. The van der Waals surface area contributed by atoms with Gasteiger partial charge >= 0.3 is 0 Å². The summed E-state index contributed by atoms with van der Waals surface area (Å²) in [7, 11) is 0. The van der Waals surface area contributed by atoms with Gasteiger partial charge in [-0.25, -0.2) is 0 Å². The van der Waals surface area contributed by atoms with Crippen molar-refractivity contribution in [3.8, 4) is 0 Å². The summed E-state index contributed by atoms with van der Waals surface area (Å²) in [6.45, 7) is 6.45. The molecule has 0 spiro atoms. The summed E-state index contributed by atoms with van der Waals surface area (Å²) in [5, 5.41) is 3.02. The van der Waals surface area contributed by atoms with Gasteiger partial charge in [0.05, 0.1) is 0 Å². The Bertz CT molecular complexity index is 359. The number of hydrogen-bond acceptors (Lipinski definition) is 1. The average molecular weight is 298 g/mol. The number of benzene rings is 1. The second-order valence-electron chi connectivity index (χ2n) is 4.85. The van der Waals surface area contributed by atoms with Gasteiger partial charge < -0.3 is 5.32 Å². The second kappa shape index (κ2) is 6.80. The summed E-state index contributed by atoms with van der Waals surface area (Å²) in [4.78, 5) is 11.9. The minimum atomic E-state index is 0.00811. The van der Waals surface area contributed by atoms with Crippen LogP contribution in [0.2, 0.25) is 0 Å². The van der Waals surface area contributed by atoms with Gasteiger partial charge in [-0.1, -0.05) is 29.8 Å². The van der Waals surface area contributed by atoms with Gasteiger partial charge in [-0.3, -0.25) is 4.79 Å². The zero-order valence-electron chi connectivity index (χ0n) is 10.7. The Hall–Kier alpha value is -0.830. The highest BCUT2D eigenvalue weighted by Crippen LogP contribution is 2.11. The van der Waals surface area contributed by atoms with Crippen LogP contribution in [0.3, 0.4) is 0 Å². The fourth-order valence-corrected chi connectivity index (χ4v) is 1.83. The molecule has 1 aromatic carbocycles. The molecule has 0 radical (unpaired) electrons. The van der Waals surface area contributed by atoms with E-state index in [0.717, 1.165) is 17.3 Å². The van der Waals surface area contributed by atoms with Crippen molar-refractivity contribution in [2.24, 2.45) is 5.92 Å². The molecule has 3 heteroatoms. The van der Waals surface area contributed by atoms with Crippen molar-refractivity contribution in [2.75, 3.05) is 0 Å². The van der Waals surface area contributed by atoms with Gasteiger partial charge in [0, 0.05) is 16.1 Å². The van der Waals surface area contributed by atoms with E-state index >= 15 is 0 Å². The second-order valence-corrected chi connectivity index (χ2v) is 5.77. The smallest absolute Gasteiger partial charge is 0.251 e. The number of amides is 1. The van der Waals surface area contributed by atoms with Crippen LogP contribution in [0.25, 0.3) is 0 Å². The molecule has 2 nitrogen and oxygen atoms in total. The third-order valence-electron chi connectivity index (χ3n) is 2.66. The van der Waals surface area contributed by atoms with Crippen molar-refractivity contribution in [1.29, 1.82) is 0 Å². The van der Waals surface area contributed by atoms with Crippen molar-refractivity contribution in [2.45, 2.75) is 39.7 Å². The van der Waals surface area contributed by atoms with E-state index < -0.39 is 0 Å². The molecule has 0 heterocycles. The lowest BCUT2D eigenvalue weighted by atomic mass is 10.0. The van der Waals surface area contributed by atoms with E-state index in [4.69, 9.17) is 0 Å². The first-order chi connectivity index (χ1) is 7.99. The Morgan fingerprint density at radius 1 is 1.18 bits per heavy atom. The third kappa shape index (κ3) is 5.35. The molecule has 0 saturated heterocycles. The fraction of sp³-hybridized carbons (Fsp3) is 0.500. The minimum Gasteiger partial charge on any atom is -0.350 e. The van der Waals surface area contributed by atoms with Crippen molar-refractivity contribution in [1.82, 2.24) is 5.32 Å². The van der Waals surface area contributed by atoms with Crippen LogP contribution in [-0.2, 0) is 0 Å². The molecule has 1 aromatic rings. The van der Waals surface area contributed by atoms with Crippen molar-refractivity contribution in [3.05, 3.63) is 34.3 Å². The van der Waals surface area contributed by atoms with Gasteiger partial charge in [0.2, 0.25) is 0 Å². The SMILES string of the molecule is CC(C)CCC(C)NC(=O)c1ccc(Br)cc1. The predicted molar refractivity (Wildman–Crippen MR) is 75.1 cm³/mol. The maximum absolute atomic E-state index is 11.9. The first-order valence-electron chi connectivity index (χ1n) is 6.05. The van der Waals surface area contributed by atoms with E-state index in [1.54, 1.807) is 0 Å². The van der Waals surface area contributed by atoms with Gasteiger partial charge in [-0.15, -0.1) is 0 Å². The number of rotatable bonds is 5. The summed E-state index contributed by atoms with van der Waals surface area (Å²) in [5.41, 5.74) is 0.713. The van der Waals surface area contributed by atoms with Gasteiger partial charge in [0.15, 0.2) is 0 Å². The van der Waals surface area contributed by atoms with Gasteiger partial charge in [-0.2, -0.15) is 0 Å². The highest BCUT2D eigenvalue weighted by Gasteiger charge is 2.09. The number of halogens is 1. The van der Waals surface area contributed by atoms with E-state index in [-0.39, 0.29) is 11.9 Å². The number of hydrogen-bond donors (Lipinski definition) is 1. The topological polar surface area (TPSA) is 29.1 Å². The first kappa shape index (κ1) is 14.2. The van der Waals surface area contributed by atoms with E-state index in [0.29, 0.717) is 11.5 Å². The molecule has 0 fully saturated rings. The summed E-state index contributed by atoms with van der Waals surface area (Å²) in [5.74, 6) is 0.691. The van der Waals surface area contributed by atoms with Crippen LogP contribution in [0.4, 0.5) is 0 Å². The van der Waals surface area contributed by atoms with Gasteiger partial charge in [0.1, 0.15) is 0 Å². The Morgan fingerprint density at radius 3 is 2.29 bits per heavy atom. The Kier molecular flexibility index (Phi) is 5.69. The van der Waals surface area contributed by atoms with Crippen LogP contribution in [0.5, 0.6) is 0 Å². The molecule has 1 N–H and O–H groups in total. The van der Waals surface area contributed by atoms with E-state index in [2.05, 4.69) is 42.0 Å². The Labute approximate surface area is 112 Å². The van der Waals surface area contributed by atoms with Crippen LogP contribution in [-0.4, -0.2) is 11.9 Å². The molecule has 0 aliphatic carbocycles. The summed E-state index contributed by atoms with van der Waals surface area (Å²) in [6, 6.07) is 7.65. The molecule has 0 bridgehead atoms. The molecule has 0 aromatic heterocycles. The highest BCUT2D eigenvalue weighted by molar-refractivity contribution is 9.10. The van der Waals surface area contributed by atoms with Gasteiger partial charge in [0.25, 0.3) is 5.91 Å². The number of nitrogens with one attached hydrogen (secondary N) is 1. The molecule has 17 heavy (non-hydrogen) atoms. The average Bonchev–Trinajstić information content (AvgIpc) is 2.27. The molecular weight excluding hydrogens is 278 g/mol. The van der Waals surface area contributed by atoms with Crippen molar-refractivity contribution >= 4 is 21.8 Å². The zero-order valence-corrected chi connectivity index (χ0v) is 12.3. The molecule has 1 rings (SSSR count). The van der Waals surface area contributed by atoms with Gasteiger partial charge in [-0.05, 0) is 49.9 Å². The maximum atomic E-state index is 11.9. The minimum absolute atomic E-state index is 0.00811. The normalized spacial score (nSPS) is 12.5. The molecule has 1 amide bonds. The van der Waals surface area contributed by atoms with Crippen LogP contribution in [0, 0.1) is 5.92 Å². The van der Waals surface area contributed by atoms with E-state index in [9.17, 15) is 4.79 Å². The lowest BCUT2D eigenvalue weighted by molar-refractivity contribution is 0.0937. The van der Waals surface area contributed by atoms with Crippen LogP contribution < -0.4 is 5.32 Å². The fourth-order valence-electron chi connectivity index (χ4n) is 1.56. The Balaban J connectivity index is 2.46. The van der Waals surface area contributed by atoms with E-state index in [1.807, 2.05) is 24.3 Å². The maximum Gasteiger partial charge on any atom is 0.251 e. The molecule has 94 valence electrons. The zero-order chi connectivity index (χ0) is 12.8. The summed E-state index contributed by atoms with van der Waals surface area (Å²) in [6.07, 6.45) is 2.17. The molecule has 1 unspecified atom stereocenters.